The van der Waals surface area contributed by atoms with Crippen molar-refractivity contribution in [2.45, 2.75) is 45.3 Å². The largest absolute Gasteiger partial charge is 0.492 e. The van der Waals surface area contributed by atoms with Crippen LogP contribution in [-0.4, -0.2) is 41.3 Å². The summed E-state index contributed by atoms with van der Waals surface area (Å²) in [5.74, 6) is 1.81. The van der Waals surface area contributed by atoms with Crippen LogP contribution in [0.4, 0.5) is 0 Å². The molecule has 1 aliphatic rings. The van der Waals surface area contributed by atoms with Crippen LogP contribution in [0, 0.1) is 0 Å². The number of amides is 1. The first kappa shape index (κ1) is 20.4. The van der Waals surface area contributed by atoms with Gasteiger partial charge in [0, 0.05) is 19.6 Å². The van der Waals surface area contributed by atoms with E-state index in [4.69, 9.17) is 14.5 Å². The zero-order valence-electron chi connectivity index (χ0n) is 17.5. The number of carbonyl (C=O) groups is 1. The molecule has 0 radical (unpaired) electrons. The number of para-hydroxylation sites is 2. The summed E-state index contributed by atoms with van der Waals surface area (Å²) in [6, 6.07) is 16.4. The van der Waals surface area contributed by atoms with Gasteiger partial charge >= 0.3 is 0 Å². The van der Waals surface area contributed by atoms with E-state index in [0.29, 0.717) is 32.7 Å². The molecule has 0 spiro atoms. The van der Waals surface area contributed by atoms with Gasteiger partial charge in [0.15, 0.2) is 0 Å². The van der Waals surface area contributed by atoms with Crippen LogP contribution in [0.25, 0.3) is 11.0 Å². The van der Waals surface area contributed by atoms with Gasteiger partial charge in [-0.3, -0.25) is 4.79 Å². The highest BCUT2D eigenvalue weighted by atomic mass is 16.5. The molecule has 6 nitrogen and oxygen atoms in total. The molecule has 0 aliphatic carbocycles. The van der Waals surface area contributed by atoms with Crippen LogP contribution in [0.5, 0.6) is 5.75 Å². The van der Waals surface area contributed by atoms with Crippen molar-refractivity contribution in [2.24, 2.45) is 0 Å². The number of hydrogen-bond donors (Lipinski definition) is 1. The number of nitrogens with zero attached hydrogens (tertiary/aromatic N) is 2. The second kappa shape index (κ2) is 9.76. The van der Waals surface area contributed by atoms with Crippen molar-refractivity contribution in [1.29, 1.82) is 0 Å². The van der Waals surface area contributed by atoms with E-state index in [9.17, 15) is 4.79 Å². The van der Waals surface area contributed by atoms with Crippen molar-refractivity contribution in [1.82, 2.24) is 14.9 Å². The molecule has 1 unspecified atom stereocenters. The molecule has 1 aromatic heterocycles. The molecule has 2 aromatic carbocycles. The Hall–Kier alpha value is -2.86. The predicted octanol–water partition coefficient (Wildman–Crippen LogP) is 3.52. The maximum absolute atomic E-state index is 12.2. The Morgan fingerprint density at radius 1 is 1.23 bits per heavy atom. The Labute approximate surface area is 177 Å². The lowest BCUT2D eigenvalue weighted by Crippen LogP contribution is -2.35. The van der Waals surface area contributed by atoms with Gasteiger partial charge in [0.25, 0.3) is 0 Å². The van der Waals surface area contributed by atoms with E-state index < -0.39 is 0 Å². The first-order valence-electron chi connectivity index (χ1n) is 10.8. The van der Waals surface area contributed by atoms with Crippen LogP contribution in [0.3, 0.4) is 0 Å². The van der Waals surface area contributed by atoms with E-state index in [0.717, 1.165) is 41.9 Å². The number of aromatic nitrogens is 2. The molecule has 0 bridgehead atoms. The van der Waals surface area contributed by atoms with Crippen molar-refractivity contribution in [2.75, 3.05) is 19.8 Å². The standard InChI is InChI=1S/C24H29N3O3/c1-2-18-9-11-19(12-10-18)29-17-15-27-21-7-4-3-6-20(21)26-23(27)13-14-25-24(28)22-8-5-16-30-22/h3-4,6-7,9-12,22H,2,5,8,13-17H2,1H3,(H,25,28). The lowest BCUT2D eigenvalue weighted by Gasteiger charge is -2.13. The fourth-order valence-corrected chi connectivity index (χ4v) is 3.84. The van der Waals surface area contributed by atoms with Gasteiger partial charge in [0.2, 0.25) is 5.91 Å². The smallest absolute Gasteiger partial charge is 0.249 e. The third-order valence-corrected chi connectivity index (χ3v) is 5.52. The van der Waals surface area contributed by atoms with Crippen LogP contribution in [0.1, 0.15) is 31.2 Å². The lowest BCUT2D eigenvalue weighted by atomic mass is 10.2. The molecule has 0 saturated carbocycles. The van der Waals surface area contributed by atoms with Gasteiger partial charge in [0.1, 0.15) is 24.3 Å². The molecule has 30 heavy (non-hydrogen) atoms. The molecule has 1 amide bonds. The minimum Gasteiger partial charge on any atom is -0.492 e. The van der Waals surface area contributed by atoms with E-state index in [-0.39, 0.29) is 12.0 Å². The fourth-order valence-electron chi connectivity index (χ4n) is 3.84. The summed E-state index contributed by atoms with van der Waals surface area (Å²) in [6.07, 6.45) is 3.15. The third kappa shape index (κ3) is 4.82. The highest BCUT2D eigenvalue weighted by molar-refractivity contribution is 5.81. The van der Waals surface area contributed by atoms with Gasteiger partial charge in [-0.05, 0) is 49.1 Å². The quantitative estimate of drug-likeness (QED) is 0.589. The van der Waals surface area contributed by atoms with Crippen molar-refractivity contribution in [3.63, 3.8) is 0 Å². The average Bonchev–Trinajstić information content (AvgIpc) is 3.43. The van der Waals surface area contributed by atoms with Gasteiger partial charge in [-0.15, -0.1) is 0 Å². The number of fused-ring (bicyclic) bond motifs is 1. The SMILES string of the molecule is CCc1ccc(OCCn2c(CCNC(=O)C3CCCO3)nc3ccccc32)cc1. The van der Waals surface area contributed by atoms with E-state index in [2.05, 4.69) is 35.0 Å². The van der Waals surface area contributed by atoms with Crippen molar-refractivity contribution in [3.8, 4) is 5.75 Å². The number of aryl methyl sites for hydroxylation is 1. The Morgan fingerprint density at radius 2 is 2.07 bits per heavy atom. The normalized spacial score (nSPS) is 16.1. The summed E-state index contributed by atoms with van der Waals surface area (Å²) in [6.45, 7) is 4.62. The van der Waals surface area contributed by atoms with Crippen molar-refractivity contribution >= 4 is 16.9 Å². The predicted molar refractivity (Wildman–Crippen MR) is 117 cm³/mol. The molecule has 4 rings (SSSR count). The number of benzene rings is 2. The summed E-state index contributed by atoms with van der Waals surface area (Å²) < 4.78 is 13.6. The molecule has 6 heteroatoms. The van der Waals surface area contributed by atoms with Crippen LogP contribution in [-0.2, 0) is 28.9 Å². The topological polar surface area (TPSA) is 65.4 Å². The molecular formula is C24H29N3O3. The highest BCUT2D eigenvalue weighted by Crippen LogP contribution is 2.18. The minimum atomic E-state index is -0.295. The monoisotopic (exact) mass is 407 g/mol. The number of nitrogens with one attached hydrogen (secondary N) is 1. The van der Waals surface area contributed by atoms with Gasteiger partial charge in [-0.25, -0.2) is 4.98 Å². The van der Waals surface area contributed by atoms with Crippen LogP contribution >= 0.6 is 0 Å². The van der Waals surface area contributed by atoms with Crippen molar-refractivity contribution < 1.29 is 14.3 Å². The van der Waals surface area contributed by atoms with Crippen molar-refractivity contribution in [3.05, 3.63) is 59.9 Å². The number of carbonyl (C=O) groups excluding carboxylic acids is 1. The molecular weight excluding hydrogens is 378 g/mol. The second-order valence-corrected chi connectivity index (χ2v) is 7.56. The molecule has 1 aliphatic heterocycles. The van der Waals surface area contributed by atoms with E-state index in [1.807, 2.05) is 30.3 Å². The summed E-state index contributed by atoms with van der Waals surface area (Å²) in [7, 11) is 0. The molecule has 158 valence electrons. The first-order valence-corrected chi connectivity index (χ1v) is 10.8. The van der Waals surface area contributed by atoms with Gasteiger partial charge < -0.3 is 19.4 Å². The molecule has 1 saturated heterocycles. The highest BCUT2D eigenvalue weighted by Gasteiger charge is 2.23. The molecule has 1 N–H and O–H groups in total. The minimum absolute atomic E-state index is 0.0194. The number of hydrogen-bond acceptors (Lipinski definition) is 4. The summed E-state index contributed by atoms with van der Waals surface area (Å²) in [4.78, 5) is 17.0. The van der Waals surface area contributed by atoms with Crippen LogP contribution in [0.15, 0.2) is 48.5 Å². The molecule has 3 aromatic rings. The summed E-state index contributed by atoms with van der Waals surface area (Å²) >= 11 is 0. The molecule has 1 atom stereocenters. The van der Waals surface area contributed by atoms with E-state index >= 15 is 0 Å². The molecule has 1 fully saturated rings. The maximum atomic E-state index is 12.2. The van der Waals surface area contributed by atoms with Gasteiger partial charge in [0.05, 0.1) is 17.6 Å². The fraction of sp³-hybridized carbons (Fsp3) is 0.417. The Balaban J connectivity index is 1.38. The Kier molecular flexibility index (Phi) is 6.64. The summed E-state index contributed by atoms with van der Waals surface area (Å²) in [5, 5.41) is 2.99. The van der Waals surface area contributed by atoms with Gasteiger partial charge in [-0.1, -0.05) is 31.2 Å². The number of imidazole rings is 1. The second-order valence-electron chi connectivity index (χ2n) is 7.56. The van der Waals surface area contributed by atoms with E-state index in [1.54, 1.807) is 0 Å². The zero-order valence-corrected chi connectivity index (χ0v) is 17.5. The zero-order chi connectivity index (χ0) is 20.8. The Bertz CT molecular complexity index is 975. The van der Waals surface area contributed by atoms with Crippen LogP contribution in [0.2, 0.25) is 0 Å². The first-order chi connectivity index (χ1) is 14.7. The Morgan fingerprint density at radius 3 is 2.83 bits per heavy atom. The number of rotatable bonds is 9. The maximum Gasteiger partial charge on any atom is 0.249 e. The lowest BCUT2D eigenvalue weighted by molar-refractivity contribution is -0.130. The summed E-state index contributed by atoms with van der Waals surface area (Å²) in [5.41, 5.74) is 3.35. The average molecular weight is 408 g/mol. The van der Waals surface area contributed by atoms with Crippen LogP contribution < -0.4 is 10.1 Å². The number of ether oxygens (including phenoxy) is 2. The van der Waals surface area contributed by atoms with E-state index in [1.165, 1.54) is 5.56 Å². The third-order valence-electron chi connectivity index (χ3n) is 5.52. The molecule has 2 heterocycles. The van der Waals surface area contributed by atoms with Gasteiger partial charge in [-0.2, -0.15) is 0 Å².